The Kier molecular flexibility index (Phi) is 1.93. The maximum absolute atomic E-state index is 11.9. The van der Waals surface area contributed by atoms with Crippen molar-refractivity contribution in [2.24, 2.45) is 0 Å². The van der Waals surface area contributed by atoms with Gasteiger partial charge >= 0.3 is 0 Å². The number of fused-ring (bicyclic) bond motifs is 2. The van der Waals surface area contributed by atoms with Gasteiger partial charge in [0.25, 0.3) is 0 Å². The van der Waals surface area contributed by atoms with Gasteiger partial charge in [0, 0.05) is 12.0 Å². The molecule has 2 aliphatic rings. The first-order valence-corrected chi connectivity index (χ1v) is 5.87. The number of rotatable bonds is 0. The smallest absolute Gasteiger partial charge is 0.177 e. The van der Waals surface area contributed by atoms with E-state index in [1.807, 2.05) is 18.2 Å². The fraction of sp³-hybridized carbons (Fsp3) is 0.154. The Morgan fingerprint density at radius 3 is 2.93 bits per heavy atom. The molecule has 2 aliphatic carbocycles. The van der Waals surface area contributed by atoms with Crippen LogP contribution in [-0.4, -0.2) is 10.6 Å². The third-order valence-corrected chi connectivity index (χ3v) is 3.70. The third kappa shape index (κ3) is 1.25. The van der Waals surface area contributed by atoms with Crippen LogP contribution in [0.15, 0.2) is 42.0 Å². The number of ketones is 1. The van der Waals surface area contributed by atoms with Crippen molar-refractivity contribution in [2.45, 2.75) is 11.2 Å². The number of alkyl halides is 1. The fourth-order valence-corrected chi connectivity index (χ4v) is 2.66. The Hall–Kier alpha value is -1.15. The maximum atomic E-state index is 11.9. The van der Waals surface area contributed by atoms with Gasteiger partial charge in [-0.15, -0.1) is 0 Å². The molecule has 0 bridgehead atoms. The van der Waals surface area contributed by atoms with Crippen molar-refractivity contribution in [3.63, 3.8) is 0 Å². The van der Waals surface area contributed by atoms with Crippen LogP contribution in [0, 0.1) is 0 Å². The number of hydrogen-bond donors (Lipinski definition) is 0. The molecule has 0 aliphatic heterocycles. The van der Waals surface area contributed by atoms with Crippen LogP contribution in [0.25, 0.3) is 5.57 Å². The predicted molar refractivity (Wildman–Crippen MR) is 63.9 cm³/mol. The van der Waals surface area contributed by atoms with E-state index < -0.39 is 0 Å². The molecule has 0 aromatic heterocycles. The van der Waals surface area contributed by atoms with Gasteiger partial charge in [-0.25, -0.2) is 0 Å². The standard InChI is InChI=1S/C13H9BrO/c14-12-6-5-10-9-4-2-1-3-8(9)7-11(10)13(12)15/h1-6,12H,7H2. The molecule has 1 atom stereocenters. The SMILES string of the molecule is O=C1C2=C(C=CC1Br)c1ccccc1C2. The molecule has 2 heteroatoms. The van der Waals surface area contributed by atoms with Crippen LogP contribution < -0.4 is 0 Å². The zero-order chi connectivity index (χ0) is 10.4. The molecule has 74 valence electrons. The fourth-order valence-electron chi connectivity index (χ4n) is 2.23. The van der Waals surface area contributed by atoms with E-state index in [-0.39, 0.29) is 10.6 Å². The quantitative estimate of drug-likeness (QED) is 0.656. The zero-order valence-electron chi connectivity index (χ0n) is 8.03. The van der Waals surface area contributed by atoms with E-state index in [4.69, 9.17) is 0 Å². The summed E-state index contributed by atoms with van der Waals surface area (Å²) in [4.78, 5) is 11.8. The Labute approximate surface area is 96.6 Å². The molecule has 0 saturated heterocycles. The Bertz CT molecular complexity index is 511. The summed E-state index contributed by atoms with van der Waals surface area (Å²) < 4.78 is 0. The van der Waals surface area contributed by atoms with Crippen molar-refractivity contribution in [3.05, 3.63) is 53.1 Å². The van der Waals surface area contributed by atoms with Crippen molar-refractivity contribution < 1.29 is 4.79 Å². The summed E-state index contributed by atoms with van der Waals surface area (Å²) in [6, 6.07) is 8.23. The number of allylic oxidation sites excluding steroid dienone is 4. The molecule has 1 aromatic carbocycles. The van der Waals surface area contributed by atoms with Crippen molar-refractivity contribution in [2.75, 3.05) is 0 Å². The summed E-state index contributed by atoms with van der Waals surface area (Å²) in [5.41, 5.74) is 4.56. The summed E-state index contributed by atoms with van der Waals surface area (Å²) in [6.07, 6.45) is 4.77. The molecule has 15 heavy (non-hydrogen) atoms. The minimum Gasteiger partial charge on any atom is -0.293 e. The molecular weight excluding hydrogens is 252 g/mol. The molecule has 1 unspecified atom stereocenters. The van der Waals surface area contributed by atoms with E-state index in [0.29, 0.717) is 0 Å². The van der Waals surface area contributed by atoms with Crippen LogP contribution in [-0.2, 0) is 11.2 Å². The number of benzene rings is 1. The van der Waals surface area contributed by atoms with Gasteiger partial charge in [-0.1, -0.05) is 52.3 Å². The normalized spacial score (nSPS) is 23.0. The molecule has 0 spiro atoms. The molecule has 0 amide bonds. The van der Waals surface area contributed by atoms with Crippen LogP contribution in [0.2, 0.25) is 0 Å². The molecule has 1 aromatic rings. The van der Waals surface area contributed by atoms with Gasteiger partial charge in [-0.3, -0.25) is 4.79 Å². The highest BCUT2D eigenvalue weighted by Gasteiger charge is 2.29. The highest BCUT2D eigenvalue weighted by Crippen LogP contribution is 2.37. The second-order valence-corrected chi connectivity index (χ2v) is 4.84. The predicted octanol–water partition coefficient (Wildman–Crippen LogP) is 2.90. The minimum atomic E-state index is -0.134. The van der Waals surface area contributed by atoms with E-state index in [9.17, 15) is 4.79 Å². The van der Waals surface area contributed by atoms with Crippen molar-refractivity contribution >= 4 is 27.3 Å². The van der Waals surface area contributed by atoms with Crippen LogP contribution in [0.1, 0.15) is 11.1 Å². The first kappa shape index (κ1) is 9.10. The van der Waals surface area contributed by atoms with Gasteiger partial charge < -0.3 is 0 Å². The molecule has 0 saturated carbocycles. The number of carbonyl (C=O) groups excluding carboxylic acids is 1. The van der Waals surface area contributed by atoms with Gasteiger partial charge in [-0.05, 0) is 16.7 Å². The monoisotopic (exact) mass is 260 g/mol. The van der Waals surface area contributed by atoms with Crippen molar-refractivity contribution in [1.82, 2.24) is 0 Å². The zero-order valence-corrected chi connectivity index (χ0v) is 9.62. The highest BCUT2D eigenvalue weighted by molar-refractivity contribution is 9.10. The molecule has 3 rings (SSSR count). The molecular formula is C13H9BrO. The first-order valence-electron chi connectivity index (χ1n) is 4.95. The van der Waals surface area contributed by atoms with E-state index in [2.05, 4.69) is 34.1 Å². The highest BCUT2D eigenvalue weighted by atomic mass is 79.9. The maximum Gasteiger partial charge on any atom is 0.177 e. The van der Waals surface area contributed by atoms with Gasteiger partial charge in [-0.2, -0.15) is 0 Å². The number of halogens is 1. The summed E-state index contributed by atoms with van der Waals surface area (Å²) in [5.74, 6) is 0.212. The lowest BCUT2D eigenvalue weighted by molar-refractivity contribution is -0.114. The molecule has 0 N–H and O–H groups in total. The third-order valence-electron chi connectivity index (χ3n) is 2.98. The summed E-state index contributed by atoms with van der Waals surface area (Å²) in [5, 5.41) is 0. The second kappa shape index (κ2) is 3.17. The number of hydrogen-bond acceptors (Lipinski definition) is 1. The van der Waals surface area contributed by atoms with E-state index >= 15 is 0 Å². The summed E-state index contributed by atoms with van der Waals surface area (Å²) in [7, 11) is 0. The van der Waals surface area contributed by atoms with Gasteiger partial charge in [0.15, 0.2) is 5.78 Å². The Morgan fingerprint density at radius 1 is 1.27 bits per heavy atom. The van der Waals surface area contributed by atoms with Crippen LogP contribution >= 0.6 is 15.9 Å². The average Bonchev–Trinajstić information content (AvgIpc) is 2.63. The van der Waals surface area contributed by atoms with Crippen LogP contribution in [0.3, 0.4) is 0 Å². The molecule has 1 nitrogen and oxygen atoms in total. The summed E-state index contributed by atoms with van der Waals surface area (Å²) in [6.45, 7) is 0. The molecule has 0 fully saturated rings. The average molecular weight is 261 g/mol. The largest absolute Gasteiger partial charge is 0.293 e. The lowest BCUT2D eigenvalue weighted by atomic mass is 9.97. The van der Waals surface area contributed by atoms with Crippen LogP contribution in [0.5, 0.6) is 0 Å². The van der Waals surface area contributed by atoms with Crippen LogP contribution in [0.4, 0.5) is 0 Å². The number of Topliss-reactive ketones (excluding diaryl/α,β-unsaturated/α-hetero) is 1. The lowest BCUT2D eigenvalue weighted by Crippen LogP contribution is -2.17. The van der Waals surface area contributed by atoms with E-state index in [0.717, 1.165) is 17.6 Å². The number of carbonyl (C=O) groups is 1. The Balaban J connectivity index is 2.17. The minimum absolute atomic E-state index is 0.134. The van der Waals surface area contributed by atoms with Gasteiger partial charge in [0.05, 0.1) is 4.83 Å². The van der Waals surface area contributed by atoms with Crippen molar-refractivity contribution in [3.8, 4) is 0 Å². The Morgan fingerprint density at radius 2 is 2.07 bits per heavy atom. The lowest BCUT2D eigenvalue weighted by Gasteiger charge is -2.11. The topological polar surface area (TPSA) is 17.1 Å². The first-order chi connectivity index (χ1) is 7.27. The van der Waals surface area contributed by atoms with E-state index in [1.54, 1.807) is 0 Å². The van der Waals surface area contributed by atoms with E-state index in [1.165, 1.54) is 11.1 Å². The molecule has 0 radical (unpaired) electrons. The van der Waals surface area contributed by atoms with Gasteiger partial charge in [0.1, 0.15) is 0 Å². The summed E-state index contributed by atoms with van der Waals surface area (Å²) >= 11 is 3.36. The van der Waals surface area contributed by atoms with Gasteiger partial charge in [0.2, 0.25) is 0 Å². The molecule has 0 heterocycles. The van der Waals surface area contributed by atoms with Crippen molar-refractivity contribution in [1.29, 1.82) is 0 Å². The second-order valence-electron chi connectivity index (χ2n) is 3.85.